The van der Waals surface area contributed by atoms with Crippen molar-refractivity contribution in [3.63, 3.8) is 0 Å². The van der Waals surface area contributed by atoms with Crippen molar-refractivity contribution in [3.05, 3.63) is 24.3 Å². The van der Waals surface area contributed by atoms with Gasteiger partial charge in [0.1, 0.15) is 18.3 Å². The molecule has 5 atom stereocenters. The van der Waals surface area contributed by atoms with E-state index >= 15 is 0 Å². The van der Waals surface area contributed by atoms with E-state index in [9.17, 15) is 19.2 Å². The molecule has 0 amide bonds. The van der Waals surface area contributed by atoms with Crippen LogP contribution >= 0.6 is 0 Å². The summed E-state index contributed by atoms with van der Waals surface area (Å²) in [6, 6.07) is 0. The van der Waals surface area contributed by atoms with E-state index in [-0.39, 0.29) is 30.3 Å². The summed E-state index contributed by atoms with van der Waals surface area (Å²) in [4.78, 5) is 45.7. The minimum Gasteiger partial charge on any atom is -0.481 e. The normalized spacial score (nSPS) is 23.2. The molecule has 0 aromatic rings. The van der Waals surface area contributed by atoms with Crippen molar-refractivity contribution in [2.75, 3.05) is 0 Å². The smallest absolute Gasteiger partial charge is 0.303 e. The van der Waals surface area contributed by atoms with Gasteiger partial charge in [-0.15, -0.1) is 0 Å². The van der Waals surface area contributed by atoms with Gasteiger partial charge in [-0.3, -0.25) is 19.2 Å². The Kier molecular flexibility index (Phi) is 13.9. The Labute approximate surface area is 202 Å². The minimum atomic E-state index is -0.824. The number of aliphatic carboxylic acids is 1. The van der Waals surface area contributed by atoms with E-state index < -0.39 is 30.1 Å². The first-order chi connectivity index (χ1) is 16.1. The molecule has 8 nitrogen and oxygen atoms in total. The summed E-state index contributed by atoms with van der Waals surface area (Å²) in [5.41, 5.74) is 0. The third-order valence-electron chi connectivity index (χ3n) is 5.79. The molecule has 1 aliphatic carbocycles. The molecule has 0 aromatic carbocycles. The molecule has 0 heterocycles. The number of carboxylic acid groups (broad SMARTS) is 1. The maximum absolute atomic E-state index is 11.7. The Hall–Kier alpha value is -2.64. The molecular formula is C26H40O8. The second kappa shape index (κ2) is 16.1. The minimum absolute atomic E-state index is 0.110. The van der Waals surface area contributed by atoms with Crippen LogP contribution in [-0.2, 0) is 33.4 Å². The van der Waals surface area contributed by atoms with Crippen LogP contribution in [0, 0.1) is 11.8 Å². The molecule has 0 spiro atoms. The third-order valence-corrected chi connectivity index (χ3v) is 5.79. The number of esters is 3. The van der Waals surface area contributed by atoms with Crippen molar-refractivity contribution in [1.82, 2.24) is 0 Å². The molecule has 1 aliphatic rings. The zero-order valence-corrected chi connectivity index (χ0v) is 20.9. The average Bonchev–Trinajstić information content (AvgIpc) is 3.02. The van der Waals surface area contributed by atoms with Crippen LogP contribution in [0.1, 0.15) is 85.5 Å². The summed E-state index contributed by atoms with van der Waals surface area (Å²) in [7, 11) is 0. The number of carbonyl (C=O) groups excluding carboxylic acids is 3. The van der Waals surface area contributed by atoms with Crippen molar-refractivity contribution in [2.24, 2.45) is 11.8 Å². The maximum Gasteiger partial charge on any atom is 0.303 e. The van der Waals surface area contributed by atoms with Gasteiger partial charge in [-0.2, -0.15) is 0 Å². The Bertz CT molecular complexity index is 726. The second-order valence-electron chi connectivity index (χ2n) is 8.79. The van der Waals surface area contributed by atoms with E-state index in [0.717, 1.165) is 19.3 Å². The van der Waals surface area contributed by atoms with Gasteiger partial charge in [0.25, 0.3) is 0 Å². The highest BCUT2D eigenvalue weighted by molar-refractivity contribution is 5.67. The van der Waals surface area contributed by atoms with Crippen LogP contribution < -0.4 is 0 Å². The Morgan fingerprint density at radius 1 is 0.941 bits per heavy atom. The predicted molar refractivity (Wildman–Crippen MR) is 127 cm³/mol. The summed E-state index contributed by atoms with van der Waals surface area (Å²) >= 11 is 0. The first-order valence-electron chi connectivity index (χ1n) is 12.2. The van der Waals surface area contributed by atoms with Gasteiger partial charge in [0.15, 0.2) is 0 Å². The summed E-state index contributed by atoms with van der Waals surface area (Å²) in [5.74, 6) is -2.34. The quantitative estimate of drug-likeness (QED) is 0.154. The molecule has 8 heteroatoms. The SMILES string of the molecule is CCCCC[C@@H](/C=C/[C@H]1C(OC(C)=O)C[C@H](OC(C)=O)[C@@H]1C/C=C\CCCC(=O)O)OC(C)=O. The molecule has 1 unspecified atom stereocenters. The van der Waals surface area contributed by atoms with E-state index in [2.05, 4.69) is 6.92 Å². The highest BCUT2D eigenvalue weighted by Gasteiger charge is 2.45. The molecule has 1 N–H and O–H groups in total. The van der Waals surface area contributed by atoms with Gasteiger partial charge in [-0.05, 0) is 38.2 Å². The number of hydrogen-bond acceptors (Lipinski definition) is 7. The molecule has 1 saturated carbocycles. The summed E-state index contributed by atoms with van der Waals surface area (Å²) in [6.07, 6.45) is 12.4. The monoisotopic (exact) mass is 480 g/mol. The van der Waals surface area contributed by atoms with Crippen molar-refractivity contribution < 1.29 is 38.5 Å². The van der Waals surface area contributed by atoms with Gasteiger partial charge in [-0.1, -0.05) is 38.0 Å². The van der Waals surface area contributed by atoms with Crippen LogP contribution in [0.5, 0.6) is 0 Å². The zero-order chi connectivity index (χ0) is 25.5. The van der Waals surface area contributed by atoms with E-state index in [1.165, 1.54) is 20.8 Å². The number of carbonyl (C=O) groups is 4. The van der Waals surface area contributed by atoms with Crippen LogP contribution in [0.2, 0.25) is 0 Å². The first kappa shape index (κ1) is 29.4. The molecule has 34 heavy (non-hydrogen) atoms. The molecule has 1 fully saturated rings. The Morgan fingerprint density at radius 2 is 1.62 bits per heavy atom. The lowest BCUT2D eigenvalue weighted by molar-refractivity contribution is -0.149. The lowest BCUT2D eigenvalue weighted by atomic mass is 9.89. The van der Waals surface area contributed by atoms with Gasteiger partial charge < -0.3 is 19.3 Å². The number of allylic oxidation sites excluding steroid dienone is 2. The highest BCUT2D eigenvalue weighted by atomic mass is 16.6. The largest absolute Gasteiger partial charge is 0.481 e. The van der Waals surface area contributed by atoms with Gasteiger partial charge in [-0.25, -0.2) is 0 Å². The van der Waals surface area contributed by atoms with Gasteiger partial charge in [0.2, 0.25) is 0 Å². The van der Waals surface area contributed by atoms with Gasteiger partial charge in [0, 0.05) is 45.4 Å². The molecule has 0 radical (unpaired) electrons. The molecule has 192 valence electrons. The van der Waals surface area contributed by atoms with Gasteiger partial charge >= 0.3 is 23.9 Å². The number of ether oxygens (including phenoxy) is 3. The second-order valence-corrected chi connectivity index (χ2v) is 8.79. The van der Waals surface area contributed by atoms with E-state index in [0.29, 0.717) is 32.1 Å². The van der Waals surface area contributed by atoms with Crippen molar-refractivity contribution in [1.29, 1.82) is 0 Å². The number of unbranched alkanes of at least 4 members (excludes halogenated alkanes) is 3. The van der Waals surface area contributed by atoms with Crippen molar-refractivity contribution >= 4 is 23.9 Å². The fourth-order valence-electron chi connectivity index (χ4n) is 4.35. The number of hydrogen-bond donors (Lipinski definition) is 1. The molecule has 1 rings (SSSR count). The van der Waals surface area contributed by atoms with E-state index in [1.807, 2.05) is 24.3 Å². The molecule has 0 bridgehead atoms. The fourth-order valence-corrected chi connectivity index (χ4v) is 4.35. The molecule has 0 aliphatic heterocycles. The Balaban J connectivity index is 3.05. The standard InChI is InChI=1S/C26H40O8/c1-5-6-9-12-21(32-18(2)27)15-16-23-22(13-10-7-8-11-14-26(30)31)24(33-19(3)28)17-25(23)34-20(4)29/h7,10,15-16,21-25H,5-6,8-9,11-14,17H2,1-4H3,(H,30,31)/b10-7-,16-15+/t21-,22+,23+,24-,25?/m0/s1. The summed E-state index contributed by atoms with van der Waals surface area (Å²) < 4.78 is 16.6. The van der Waals surface area contributed by atoms with Crippen LogP contribution in [0.25, 0.3) is 0 Å². The van der Waals surface area contributed by atoms with Crippen molar-refractivity contribution in [2.45, 2.75) is 104 Å². The lowest BCUT2D eigenvalue weighted by Crippen LogP contribution is -2.25. The summed E-state index contributed by atoms with van der Waals surface area (Å²) in [5, 5.41) is 8.77. The number of rotatable bonds is 15. The number of carboxylic acids is 1. The van der Waals surface area contributed by atoms with Crippen LogP contribution in [0.4, 0.5) is 0 Å². The third kappa shape index (κ3) is 12.0. The average molecular weight is 481 g/mol. The molecule has 0 saturated heterocycles. The maximum atomic E-state index is 11.7. The molecule has 0 aromatic heterocycles. The van der Waals surface area contributed by atoms with Crippen LogP contribution in [-0.4, -0.2) is 47.3 Å². The highest BCUT2D eigenvalue weighted by Crippen LogP contribution is 2.40. The van der Waals surface area contributed by atoms with E-state index in [4.69, 9.17) is 19.3 Å². The lowest BCUT2D eigenvalue weighted by Gasteiger charge is -2.23. The van der Waals surface area contributed by atoms with Crippen LogP contribution in [0.15, 0.2) is 24.3 Å². The topological polar surface area (TPSA) is 116 Å². The zero-order valence-electron chi connectivity index (χ0n) is 20.9. The van der Waals surface area contributed by atoms with Crippen LogP contribution in [0.3, 0.4) is 0 Å². The Morgan fingerprint density at radius 3 is 2.21 bits per heavy atom. The van der Waals surface area contributed by atoms with E-state index in [1.54, 1.807) is 0 Å². The van der Waals surface area contributed by atoms with Crippen molar-refractivity contribution in [3.8, 4) is 0 Å². The van der Waals surface area contributed by atoms with Gasteiger partial charge in [0.05, 0.1) is 0 Å². The molecular weight excluding hydrogens is 440 g/mol. The predicted octanol–water partition coefficient (Wildman–Crippen LogP) is 4.76. The first-order valence-corrected chi connectivity index (χ1v) is 12.2. The fraction of sp³-hybridized carbons (Fsp3) is 0.692. The summed E-state index contributed by atoms with van der Waals surface area (Å²) in [6.45, 7) is 6.19.